The Hall–Kier alpha value is -2.18. The topological polar surface area (TPSA) is 41.1 Å². The summed E-state index contributed by atoms with van der Waals surface area (Å²) in [7, 11) is 2.12. The van der Waals surface area contributed by atoms with Gasteiger partial charge in [0.05, 0.1) is 10.6 Å². The summed E-state index contributed by atoms with van der Waals surface area (Å²) in [6, 6.07) is 14.8. The molecule has 0 radical (unpaired) electrons. The largest absolute Gasteiger partial charge is 0.324 e. The summed E-state index contributed by atoms with van der Waals surface area (Å²) < 4.78 is 1.29. The van der Waals surface area contributed by atoms with Gasteiger partial charge in [0.1, 0.15) is 0 Å². The molecule has 6 heteroatoms. The van der Waals surface area contributed by atoms with E-state index in [1.807, 2.05) is 12.3 Å². The van der Waals surface area contributed by atoms with Crippen molar-refractivity contribution in [3.63, 3.8) is 0 Å². The maximum atomic E-state index is 4.69. The number of piperidine rings is 1. The molecule has 28 heavy (non-hydrogen) atoms. The average Bonchev–Trinajstić information content (AvgIpc) is 3.16. The molecular weight excluding hydrogens is 363 g/mol. The fraction of sp³-hybridized carbons (Fsp3) is 0.364. The lowest BCUT2D eigenvalue weighted by molar-refractivity contribution is 0.175. The van der Waals surface area contributed by atoms with Gasteiger partial charge in [-0.1, -0.05) is 31.5 Å². The van der Waals surface area contributed by atoms with Crippen LogP contribution >= 0.6 is 11.3 Å². The SMILES string of the molecule is Bc1ccc(-c2ccnc(Nc3cccc(CN4CCC(CC)CC4)c3)n2)s1. The number of thiophene rings is 1. The number of anilines is 2. The number of benzene rings is 1. The Morgan fingerprint density at radius 2 is 2.04 bits per heavy atom. The first-order chi connectivity index (χ1) is 13.7. The van der Waals surface area contributed by atoms with Crippen LogP contribution < -0.4 is 10.1 Å². The van der Waals surface area contributed by atoms with Crippen LogP contribution in [0.15, 0.2) is 48.7 Å². The molecule has 3 heterocycles. The molecule has 4 nitrogen and oxygen atoms in total. The Labute approximate surface area is 172 Å². The van der Waals surface area contributed by atoms with Crippen LogP contribution in [0.3, 0.4) is 0 Å². The zero-order chi connectivity index (χ0) is 19.3. The molecule has 1 fully saturated rings. The molecule has 1 aliphatic heterocycles. The number of aromatic nitrogens is 2. The van der Waals surface area contributed by atoms with Crippen molar-refractivity contribution in [1.29, 1.82) is 0 Å². The molecule has 0 atom stereocenters. The molecular formula is C22H27BN4S. The van der Waals surface area contributed by atoms with Crippen LogP contribution in [0.1, 0.15) is 31.7 Å². The fourth-order valence-corrected chi connectivity index (χ4v) is 4.65. The number of nitrogens with zero attached hydrogens (tertiary/aromatic N) is 3. The van der Waals surface area contributed by atoms with Gasteiger partial charge in [0.25, 0.3) is 0 Å². The lowest BCUT2D eigenvalue weighted by Gasteiger charge is -2.31. The summed E-state index contributed by atoms with van der Waals surface area (Å²) in [4.78, 5) is 12.8. The van der Waals surface area contributed by atoms with E-state index in [-0.39, 0.29) is 0 Å². The standard InChI is InChI=1S/C22H27BN4S/c1-2-16-9-12-27(13-10-16)15-17-4-3-5-18(14-17)25-22-24-11-8-19(26-22)20-6-7-21(23)28-20/h3-8,11,14,16H,2,9-10,12-13,15,23H2,1H3,(H,24,25,26). The van der Waals surface area contributed by atoms with Crippen LogP contribution in [0.5, 0.6) is 0 Å². The third-order valence-electron chi connectivity index (χ3n) is 5.52. The van der Waals surface area contributed by atoms with Crippen molar-refractivity contribution >= 4 is 35.6 Å². The summed E-state index contributed by atoms with van der Waals surface area (Å²) in [5.74, 6) is 1.56. The van der Waals surface area contributed by atoms with Gasteiger partial charge in [-0.2, -0.15) is 0 Å². The summed E-state index contributed by atoms with van der Waals surface area (Å²) >= 11 is 1.76. The summed E-state index contributed by atoms with van der Waals surface area (Å²) in [5, 5.41) is 3.38. The predicted octanol–water partition coefficient (Wildman–Crippen LogP) is 3.83. The first kappa shape index (κ1) is 19.2. The van der Waals surface area contributed by atoms with Gasteiger partial charge >= 0.3 is 0 Å². The second-order valence-electron chi connectivity index (χ2n) is 7.63. The number of hydrogen-bond acceptors (Lipinski definition) is 5. The molecule has 1 aromatic carbocycles. The van der Waals surface area contributed by atoms with Crippen molar-refractivity contribution < 1.29 is 0 Å². The van der Waals surface area contributed by atoms with Gasteiger partial charge in [0, 0.05) is 18.4 Å². The zero-order valence-electron chi connectivity index (χ0n) is 16.7. The van der Waals surface area contributed by atoms with E-state index < -0.39 is 0 Å². The molecule has 2 aromatic heterocycles. The van der Waals surface area contributed by atoms with E-state index in [9.17, 15) is 0 Å². The minimum Gasteiger partial charge on any atom is -0.324 e. The van der Waals surface area contributed by atoms with E-state index in [0.29, 0.717) is 5.95 Å². The van der Waals surface area contributed by atoms with Gasteiger partial charge in [-0.25, -0.2) is 9.97 Å². The third-order valence-corrected chi connectivity index (χ3v) is 6.55. The third kappa shape index (κ3) is 4.81. The summed E-state index contributed by atoms with van der Waals surface area (Å²) in [6.45, 7) is 5.75. The van der Waals surface area contributed by atoms with Gasteiger partial charge in [-0.05, 0) is 66.5 Å². The first-order valence-corrected chi connectivity index (χ1v) is 11.0. The molecule has 1 N–H and O–H groups in total. The summed E-state index contributed by atoms with van der Waals surface area (Å²) in [6.07, 6.45) is 5.80. The van der Waals surface area contributed by atoms with Crippen LogP contribution in [0.4, 0.5) is 11.6 Å². The minimum atomic E-state index is 0.643. The van der Waals surface area contributed by atoms with Gasteiger partial charge in [0.2, 0.25) is 5.95 Å². The van der Waals surface area contributed by atoms with Crippen molar-refractivity contribution in [2.24, 2.45) is 5.92 Å². The van der Waals surface area contributed by atoms with E-state index in [1.54, 1.807) is 11.3 Å². The number of hydrogen-bond donors (Lipinski definition) is 1. The maximum Gasteiger partial charge on any atom is 0.227 e. The number of rotatable bonds is 6. The van der Waals surface area contributed by atoms with E-state index >= 15 is 0 Å². The zero-order valence-corrected chi connectivity index (χ0v) is 17.5. The Bertz CT molecular complexity index is 918. The normalized spacial score (nSPS) is 15.6. The average molecular weight is 390 g/mol. The van der Waals surface area contributed by atoms with Gasteiger partial charge < -0.3 is 5.32 Å². The predicted molar refractivity (Wildman–Crippen MR) is 122 cm³/mol. The van der Waals surface area contributed by atoms with Crippen molar-refractivity contribution in [1.82, 2.24) is 14.9 Å². The van der Waals surface area contributed by atoms with Crippen molar-refractivity contribution in [2.75, 3.05) is 18.4 Å². The Morgan fingerprint density at radius 1 is 1.18 bits per heavy atom. The monoisotopic (exact) mass is 390 g/mol. The van der Waals surface area contributed by atoms with Crippen molar-refractivity contribution in [3.8, 4) is 10.6 Å². The molecule has 144 valence electrons. The van der Waals surface area contributed by atoms with Gasteiger partial charge in [0.15, 0.2) is 7.85 Å². The van der Waals surface area contributed by atoms with E-state index in [4.69, 9.17) is 4.98 Å². The molecule has 1 saturated heterocycles. The highest BCUT2D eigenvalue weighted by molar-refractivity contribution is 7.23. The quantitative estimate of drug-likeness (QED) is 0.650. The van der Waals surface area contributed by atoms with E-state index in [2.05, 4.69) is 66.4 Å². The van der Waals surface area contributed by atoms with Crippen molar-refractivity contribution in [2.45, 2.75) is 32.7 Å². The minimum absolute atomic E-state index is 0.643. The Morgan fingerprint density at radius 3 is 2.79 bits per heavy atom. The molecule has 0 unspecified atom stereocenters. The van der Waals surface area contributed by atoms with Gasteiger partial charge in [-0.3, -0.25) is 4.90 Å². The number of nitrogens with one attached hydrogen (secondary N) is 1. The van der Waals surface area contributed by atoms with E-state index in [1.165, 1.54) is 47.6 Å². The highest BCUT2D eigenvalue weighted by Gasteiger charge is 2.17. The molecule has 1 aliphatic rings. The second-order valence-corrected chi connectivity index (χ2v) is 8.92. The smallest absolute Gasteiger partial charge is 0.227 e. The molecule has 0 aliphatic carbocycles. The van der Waals surface area contributed by atoms with Crippen LogP contribution in [-0.2, 0) is 6.54 Å². The molecule has 0 spiro atoms. The van der Waals surface area contributed by atoms with E-state index in [0.717, 1.165) is 23.8 Å². The highest BCUT2D eigenvalue weighted by atomic mass is 32.1. The maximum absolute atomic E-state index is 4.69. The van der Waals surface area contributed by atoms with Gasteiger partial charge in [-0.15, -0.1) is 11.3 Å². The first-order valence-electron chi connectivity index (χ1n) is 10.2. The molecule has 0 saturated carbocycles. The lowest BCUT2D eigenvalue weighted by atomic mass is 9.94. The number of likely N-dealkylation sites (tertiary alicyclic amines) is 1. The molecule has 4 rings (SSSR count). The Balaban J connectivity index is 1.42. The molecule has 0 amide bonds. The van der Waals surface area contributed by atoms with Crippen LogP contribution in [0.25, 0.3) is 10.6 Å². The molecule has 0 bridgehead atoms. The van der Waals surface area contributed by atoms with Crippen LogP contribution in [0, 0.1) is 5.92 Å². The fourth-order valence-electron chi connectivity index (χ4n) is 3.82. The van der Waals surface area contributed by atoms with Crippen LogP contribution in [-0.4, -0.2) is 35.8 Å². The lowest BCUT2D eigenvalue weighted by Crippen LogP contribution is -2.32. The molecule has 3 aromatic rings. The highest BCUT2D eigenvalue weighted by Crippen LogP contribution is 2.24. The van der Waals surface area contributed by atoms with Crippen LogP contribution in [0.2, 0.25) is 0 Å². The summed E-state index contributed by atoms with van der Waals surface area (Å²) in [5.41, 5.74) is 3.34. The second kappa shape index (κ2) is 8.88. The Kier molecular flexibility index (Phi) is 6.08. The van der Waals surface area contributed by atoms with Crippen molar-refractivity contribution in [3.05, 3.63) is 54.2 Å².